The van der Waals surface area contributed by atoms with Crippen molar-refractivity contribution in [3.05, 3.63) is 65.7 Å². The van der Waals surface area contributed by atoms with E-state index in [2.05, 4.69) is 10.2 Å². The minimum atomic E-state index is -1.08. The van der Waals surface area contributed by atoms with E-state index in [1.54, 1.807) is 17.0 Å². The highest BCUT2D eigenvalue weighted by atomic mass is 16.6. The third-order valence-corrected chi connectivity index (χ3v) is 5.82. The highest BCUT2D eigenvalue weighted by Gasteiger charge is 2.26. The molecule has 1 fully saturated rings. The van der Waals surface area contributed by atoms with Gasteiger partial charge in [-0.05, 0) is 50.5 Å². The zero-order valence-corrected chi connectivity index (χ0v) is 21.2. The third-order valence-electron chi connectivity index (χ3n) is 5.82. The molecule has 0 aromatic heterocycles. The van der Waals surface area contributed by atoms with Crippen molar-refractivity contribution in [1.29, 1.82) is 0 Å². The first-order chi connectivity index (χ1) is 17.1. The lowest BCUT2D eigenvalue weighted by molar-refractivity contribution is 0.0136. The van der Waals surface area contributed by atoms with E-state index in [4.69, 9.17) is 9.47 Å². The topological polar surface area (TPSA) is 112 Å². The van der Waals surface area contributed by atoms with Gasteiger partial charge in [0.2, 0.25) is 0 Å². The Labute approximate surface area is 212 Å². The Morgan fingerprint density at radius 1 is 0.972 bits per heavy atom. The summed E-state index contributed by atoms with van der Waals surface area (Å²) in [7, 11) is 0. The van der Waals surface area contributed by atoms with Crippen LogP contribution in [0.25, 0.3) is 0 Å². The van der Waals surface area contributed by atoms with E-state index in [1.165, 1.54) is 0 Å². The summed E-state index contributed by atoms with van der Waals surface area (Å²) in [6.07, 6.45) is -2.81. The first kappa shape index (κ1) is 27.3. The van der Waals surface area contributed by atoms with E-state index in [9.17, 15) is 19.8 Å². The molecule has 3 N–H and O–H groups in total. The fraction of sp³-hybridized carbons (Fsp3) is 0.481. The molecular weight excluding hydrogens is 462 g/mol. The summed E-state index contributed by atoms with van der Waals surface area (Å²) in [6.45, 7) is 8.39. The number of benzene rings is 2. The fourth-order valence-electron chi connectivity index (χ4n) is 3.83. The summed E-state index contributed by atoms with van der Waals surface area (Å²) in [4.78, 5) is 28.0. The summed E-state index contributed by atoms with van der Waals surface area (Å²) in [5.41, 5.74) is 1.94. The number of aliphatic hydroxyl groups is 2. The second-order valence-corrected chi connectivity index (χ2v) is 9.84. The molecule has 36 heavy (non-hydrogen) atoms. The Kier molecular flexibility index (Phi) is 9.55. The molecule has 2 aromatic carbocycles. The number of piperazine rings is 1. The van der Waals surface area contributed by atoms with Gasteiger partial charge in [0.25, 0.3) is 0 Å². The number of nitrogens with zero attached hydrogens (tertiary/aromatic N) is 2. The first-order valence-corrected chi connectivity index (χ1v) is 12.3. The maximum atomic E-state index is 12.2. The van der Waals surface area contributed by atoms with Crippen LogP contribution in [0.4, 0.5) is 15.3 Å². The van der Waals surface area contributed by atoms with Gasteiger partial charge in [-0.15, -0.1) is 0 Å². The van der Waals surface area contributed by atoms with Crippen LogP contribution in [-0.4, -0.2) is 71.7 Å². The summed E-state index contributed by atoms with van der Waals surface area (Å²) in [5.74, 6) is 0. The van der Waals surface area contributed by atoms with Crippen molar-refractivity contribution in [3.8, 4) is 0 Å². The van der Waals surface area contributed by atoms with Gasteiger partial charge in [-0.2, -0.15) is 0 Å². The van der Waals surface area contributed by atoms with Crippen molar-refractivity contribution in [2.24, 2.45) is 0 Å². The molecule has 3 rings (SSSR count). The van der Waals surface area contributed by atoms with E-state index in [1.807, 2.05) is 63.2 Å². The Hall–Kier alpha value is -3.30. The van der Waals surface area contributed by atoms with Gasteiger partial charge in [-0.1, -0.05) is 42.5 Å². The zero-order chi connectivity index (χ0) is 26.1. The van der Waals surface area contributed by atoms with Gasteiger partial charge in [0.1, 0.15) is 18.3 Å². The molecule has 1 aliphatic heterocycles. The number of ether oxygens (including phenoxy) is 2. The van der Waals surface area contributed by atoms with E-state index in [0.29, 0.717) is 31.7 Å². The number of carbonyl (C=O) groups is 2. The first-order valence-electron chi connectivity index (χ1n) is 12.3. The van der Waals surface area contributed by atoms with E-state index >= 15 is 0 Å². The van der Waals surface area contributed by atoms with Gasteiger partial charge in [0.15, 0.2) is 0 Å². The van der Waals surface area contributed by atoms with Crippen LogP contribution >= 0.6 is 0 Å². The molecule has 0 radical (unpaired) electrons. The number of nitrogens with one attached hydrogen (secondary N) is 1. The Morgan fingerprint density at radius 3 is 2.22 bits per heavy atom. The molecule has 2 atom stereocenters. The van der Waals surface area contributed by atoms with Gasteiger partial charge in [-0.25, -0.2) is 9.59 Å². The molecule has 1 heterocycles. The molecular formula is C27H37N3O6. The van der Waals surface area contributed by atoms with Crippen LogP contribution in [0.5, 0.6) is 0 Å². The minimum Gasteiger partial charge on any atom is -0.445 e. The third kappa shape index (κ3) is 8.42. The van der Waals surface area contributed by atoms with Gasteiger partial charge in [0, 0.05) is 38.4 Å². The van der Waals surface area contributed by atoms with Crippen LogP contribution in [0, 0.1) is 0 Å². The lowest BCUT2D eigenvalue weighted by atomic mass is 10.0. The highest BCUT2D eigenvalue weighted by molar-refractivity contribution is 5.68. The molecule has 196 valence electrons. The Bertz CT molecular complexity index is 969. The number of rotatable bonds is 8. The molecule has 0 saturated carbocycles. The highest BCUT2D eigenvalue weighted by Crippen LogP contribution is 2.24. The van der Waals surface area contributed by atoms with Gasteiger partial charge in [-0.3, -0.25) is 0 Å². The van der Waals surface area contributed by atoms with Crippen molar-refractivity contribution in [3.63, 3.8) is 0 Å². The van der Waals surface area contributed by atoms with Crippen LogP contribution in [0.2, 0.25) is 0 Å². The molecule has 2 unspecified atom stereocenters. The zero-order valence-electron chi connectivity index (χ0n) is 21.2. The van der Waals surface area contributed by atoms with Gasteiger partial charge >= 0.3 is 12.2 Å². The summed E-state index contributed by atoms with van der Waals surface area (Å²) >= 11 is 0. The minimum absolute atomic E-state index is 0.167. The quantitative estimate of drug-likeness (QED) is 0.510. The Morgan fingerprint density at radius 2 is 1.61 bits per heavy atom. The molecule has 1 aliphatic rings. The smallest absolute Gasteiger partial charge is 0.410 e. The predicted octanol–water partition coefficient (Wildman–Crippen LogP) is 3.45. The van der Waals surface area contributed by atoms with E-state index < -0.39 is 23.9 Å². The largest absolute Gasteiger partial charge is 0.445 e. The number of carbonyl (C=O) groups excluding carboxylic acids is 2. The van der Waals surface area contributed by atoms with Crippen LogP contribution in [-0.2, 0) is 16.1 Å². The van der Waals surface area contributed by atoms with Gasteiger partial charge < -0.3 is 34.8 Å². The number of aliphatic hydroxyl groups excluding tert-OH is 2. The number of anilines is 1. The summed E-state index contributed by atoms with van der Waals surface area (Å²) in [5, 5.41) is 23.5. The predicted molar refractivity (Wildman–Crippen MR) is 137 cm³/mol. The van der Waals surface area contributed by atoms with E-state index in [0.717, 1.165) is 11.3 Å². The molecule has 2 amide bonds. The average Bonchev–Trinajstić information content (AvgIpc) is 2.87. The fourth-order valence-corrected chi connectivity index (χ4v) is 3.83. The van der Waals surface area contributed by atoms with Crippen LogP contribution < -0.4 is 10.2 Å². The second kappa shape index (κ2) is 12.6. The normalized spacial score (nSPS) is 15.7. The SMILES string of the molecule is CC(C)(C)OC(=O)N1CCN(c2ccc(C(O)C(O)CCNC(=O)OCc3ccccc3)cc2)CC1. The van der Waals surface area contributed by atoms with Crippen LogP contribution in [0.15, 0.2) is 54.6 Å². The van der Waals surface area contributed by atoms with Crippen molar-refractivity contribution in [2.45, 2.75) is 51.6 Å². The molecule has 1 saturated heterocycles. The number of alkyl carbamates (subject to hydrolysis) is 1. The number of hydrogen-bond acceptors (Lipinski definition) is 7. The molecule has 9 heteroatoms. The molecule has 0 bridgehead atoms. The Balaban J connectivity index is 1.39. The standard InChI is InChI=1S/C27H37N3O6/c1-27(2,3)36-26(34)30-17-15-29(16-18-30)22-11-9-21(10-12-22)24(32)23(31)13-14-28-25(33)35-19-20-7-5-4-6-8-20/h4-12,23-24,31-32H,13-19H2,1-3H3,(H,28,33). The lowest BCUT2D eigenvalue weighted by Gasteiger charge is -2.36. The maximum Gasteiger partial charge on any atom is 0.410 e. The van der Waals surface area contributed by atoms with Gasteiger partial charge in [0.05, 0.1) is 6.10 Å². The summed E-state index contributed by atoms with van der Waals surface area (Å²) in [6, 6.07) is 16.7. The maximum absolute atomic E-state index is 12.2. The van der Waals surface area contributed by atoms with Crippen molar-refractivity contribution >= 4 is 17.9 Å². The molecule has 0 aliphatic carbocycles. The second-order valence-electron chi connectivity index (χ2n) is 9.84. The monoisotopic (exact) mass is 499 g/mol. The van der Waals surface area contributed by atoms with Crippen LogP contribution in [0.3, 0.4) is 0 Å². The molecule has 0 spiro atoms. The van der Waals surface area contributed by atoms with Crippen molar-refractivity contribution in [2.75, 3.05) is 37.6 Å². The number of amides is 2. The lowest BCUT2D eigenvalue weighted by Crippen LogP contribution is -2.50. The van der Waals surface area contributed by atoms with E-state index in [-0.39, 0.29) is 25.7 Å². The van der Waals surface area contributed by atoms with Crippen molar-refractivity contribution < 1.29 is 29.3 Å². The molecule has 2 aromatic rings. The molecule has 9 nitrogen and oxygen atoms in total. The summed E-state index contributed by atoms with van der Waals surface area (Å²) < 4.78 is 10.6. The van der Waals surface area contributed by atoms with Crippen molar-refractivity contribution in [1.82, 2.24) is 10.2 Å². The number of hydrogen-bond donors (Lipinski definition) is 3. The van der Waals surface area contributed by atoms with Crippen LogP contribution in [0.1, 0.15) is 44.4 Å². The average molecular weight is 500 g/mol.